The topological polar surface area (TPSA) is 398 Å². The second-order valence-electron chi connectivity index (χ2n) is 21.1. The lowest BCUT2D eigenvalue weighted by Crippen LogP contribution is -2.12. The maximum Gasteiger partial charge on any atom is 0.241 e. The van der Waals surface area contributed by atoms with Crippen LogP contribution >= 0.6 is 15.9 Å². The summed E-state index contributed by atoms with van der Waals surface area (Å²) in [7, 11) is -3.44. The quantitative estimate of drug-likeness (QED) is 0.0275. The third-order valence-electron chi connectivity index (χ3n) is 13.8. The number of aryl methyl sites for hydroxylation is 6. The van der Waals surface area contributed by atoms with E-state index in [0.29, 0.717) is 31.2 Å². The summed E-state index contributed by atoms with van der Waals surface area (Å²) in [5, 5.41) is 9.71. The monoisotopic (exact) mass is 1370 g/mol. The fourth-order valence-corrected chi connectivity index (χ4v) is 9.76. The van der Waals surface area contributed by atoms with Crippen LogP contribution in [0.4, 0.5) is 5.82 Å². The van der Waals surface area contributed by atoms with Crippen molar-refractivity contribution in [3.63, 3.8) is 0 Å². The lowest BCUT2D eigenvalue weighted by Gasteiger charge is -2.13. The SMILES string of the molecule is CS(=O)(=O)Nc1cc(-c2ccc(-c3cncnc3)cc2CCC(N)=O)ccn1.Cc1ccc(-c2cncnc2)cc1/C=C/C(N)=O.Cc1ccc(-c2cncnc2)cc1CCC(N)=O.Cc1ccc(Br)cc1/C=C/C(N)=O.NC(=O)CCc1cc(-c2cncnc2)ccc1O.[CH3+]. The van der Waals surface area contributed by atoms with Gasteiger partial charge >= 0.3 is 0 Å². The molecule has 5 aromatic carbocycles. The second kappa shape index (κ2) is 37.7. The molecule has 5 aromatic heterocycles. The van der Waals surface area contributed by atoms with E-state index in [1.807, 2.05) is 93.6 Å². The minimum Gasteiger partial charge on any atom is -0.508 e. The molecule has 0 atom stereocenters. The van der Waals surface area contributed by atoms with Crippen molar-refractivity contribution in [1.82, 2.24) is 44.9 Å². The van der Waals surface area contributed by atoms with Crippen molar-refractivity contribution >= 4 is 73.5 Å². The summed E-state index contributed by atoms with van der Waals surface area (Å²) < 4.78 is 26.3. The molecule has 96 heavy (non-hydrogen) atoms. The Hall–Kier alpha value is -11.7. The van der Waals surface area contributed by atoms with Crippen LogP contribution in [0.15, 0.2) is 201 Å². The van der Waals surface area contributed by atoms with Crippen LogP contribution in [-0.2, 0) is 53.3 Å². The van der Waals surface area contributed by atoms with E-state index in [2.05, 4.69) is 71.6 Å². The Morgan fingerprint density at radius 3 is 1.28 bits per heavy atom. The molecule has 10 aromatic rings. The van der Waals surface area contributed by atoms with Gasteiger partial charge in [0.1, 0.15) is 36.9 Å². The second-order valence-corrected chi connectivity index (χ2v) is 23.8. The fourth-order valence-electron chi connectivity index (χ4n) is 8.89. The first-order chi connectivity index (χ1) is 45.4. The van der Waals surface area contributed by atoms with Crippen LogP contribution in [-0.4, -0.2) is 94.2 Å². The van der Waals surface area contributed by atoms with Gasteiger partial charge in [-0.2, -0.15) is 0 Å². The first-order valence-corrected chi connectivity index (χ1v) is 31.8. The Morgan fingerprint density at radius 1 is 0.458 bits per heavy atom. The number of sulfonamides is 1. The number of aromatic hydroxyl groups is 1. The molecule has 5 heterocycles. The van der Waals surface area contributed by atoms with Crippen molar-refractivity contribution < 1.29 is 37.5 Å². The zero-order chi connectivity index (χ0) is 68.9. The normalized spacial score (nSPS) is 10.6. The third kappa shape index (κ3) is 25.8. The highest BCUT2D eigenvalue weighted by Gasteiger charge is 2.13. The van der Waals surface area contributed by atoms with Gasteiger partial charge in [0.25, 0.3) is 0 Å². The smallest absolute Gasteiger partial charge is 0.241 e. The number of nitrogens with one attached hydrogen (secondary N) is 1. The number of phenols is 1. The largest absolute Gasteiger partial charge is 0.508 e. The molecule has 12 N–H and O–H groups in total. The summed E-state index contributed by atoms with van der Waals surface area (Å²) in [4.78, 5) is 90.1. The van der Waals surface area contributed by atoms with Gasteiger partial charge in [-0.1, -0.05) is 76.6 Å². The number of nitrogens with two attached hydrogens (primary N) is 5. The molecule has 492 valence electrons. The molecule has 0 saturated carbocycles. The summed E-state index contributed by atoms with van der Waals surface area (Å²) in [6.07, 6.45) is 30.8. The molecular formula is C71H73BrN15O8S+. The standard InChI is InChI=1S/C19H19N5O3S.C14H15N3O.C14H13N3O.C13H13N3O2.C10H10BrNO.CH3/c1-28(26,27)24-19-9-15(6-7-23-19)17-4-2-13(16-10-21-12-22-11-16)8-14(17)3-5-18(20)25;2*1-10-2-3-12(13-7-16-9-17-8-13)6-11(10)4-5-14(15)18;14-13(18)4-2-10-5-9(1-3-12(10)17)11-6-15-8-16-7-11;1-7-2-4-9(11)6-8(7)3-5-10(12)13;/h2,4,6-12H,3,5H2,1H3,(H2,20,25)(H,23,24);2-3,6-9H,4-5H2,1H3,(H2,15,18);2-9H,1H3,(H2,15,18);1,3,5-8,17H,2,4H2,(H2,14,18);2-6H,1H3,(H2,12,13);1H3/q;;;;;+1/b;;5-4+;;5-3+;. The van der Waals surface area contributed by atoms with Gasteiger partial charge in [0.15, 0.2) is 0 Å². The van der Waals surface area contributed by atoms with Gasteiger partial charge in [0.2, 0.25) is 39.6 Å². The Balaban J connectivity index is 0.000000221. The Kier molecular flexibility index (Phi) is 29.5. The van der Waals surface area contributed by atoms with Crippen LogP contribution in [0.25, 0.3) is 67.8 Å². The van der Waals surface area contributed by atoms with Crippen LogP contribution in [0, 0.1) is 28.2 Å². The molecule has 0 bridgehead atoms. The molecule has 25 heteroatoms. The summed E-state index contributed by atoms with van der Waals surface area (Å²) in [5.41, 5.74) is 42.8. The molecule has 0 unspecified atom stereocenters. The number of carbonyl (C=O) groups is 5. The van der Waals surface area contributed by atoms with Crippen LogP contribution in [0.5, 0.6) is 5.75 Å². The predicted molar refractivity (Wildman–Crippen MR) is 377 cm³/mol. The summed E-state index contributed by atoms with van der Waals surface area (Å²) >= 11 is 3.35. The average molecular weight is 1380 g/mol. The number of nitrogens with zero attached hydrogens (tertiary/aromatic N) is 9. The molecule has 0 aliphatic rings. The van der Waals surface area contributed by atoms with E-state index >= 15 is 0 Å². The minimum atomic E-state index is -3.44. The number of amides is 5. The molecule has 0 saturated heterocycles. The molecule has 23 nitrogen and oxygen atoms in total. The van der Waals surface area contributed by atoms with Crippen molar-refractivity contribution in [2.24, 2.45) is 28.7 Å². The number of anilines is 1. The molecule has 0 aliphatic heterocycles. The van der Waals surface area contributed by atoms with E-state index < -0.39 is 27.7 Å². The van der Waals surface area contributed by atoms with E-state index in [-0.39, 0.29) is 43.7 Å². The van der Waals surface area contributed by atoms with E-state index in [4.69, 9.17) is 28.7 Å². The van der Waals surface area contributed by atoms with E-state index in [0.717, 1.165) is 105 Å². The number of aromatic nitrogens is 9. The van der Waals surface area contributed by atoms with Crippen LogP contribution in [0.2, 0.25) is 0 Å². The molecule has 0 spiro atoms. The van der Waals surface area contributed by atoms with Crippen molar-refractivity contribution in [1.29, 1.82) is 0 Å². The minimum absolute atomic E-state index is 0. The number of benzene rings is 5. The van der Waals surface area contributed by atoms with Crippen molar-refractivity contribution in [2.45, 2.75) is 59.3 Å². The predicted octanol–water partition coefficient (Wildman–Crippen LogP) is 9.79. The van der Waals surface area contributed by atoms with Gasteiger partial charge in [-0.05, 0) is 173 Å². The number of hydrogen-bond acceptors (Lipinski definition) is 17. The maximum atomic E-state index is 11.5. The highest BCUT2D eigenvalue weighted by atomic mass is 79.9. The number of pyridine rings is 1. The molecule has 0 aliphatic carbocycles. The van der Waals surface area contributed by atoms with Crippen LogP contribution in [0.1, 0.15) is 63.8 Å². The van der Waals surface area contributed by atoms with Gasteiger partial charge in [-0.15, -0.1) is 0 Å². The Bertz CT molecular complexity index is 4340. The fraction of sp³-hybridized carbons (Fsp3) is 0.141. The van der Waals surface area contributed by atoms with Crippen molar-refractivity contribution in [3.05, 3.63) is 253 Å². The lowest BCUT2D eigenvalue weighted by atomic mass is 9.93. The van der Waals surface area contributed by atoms with Gasteiger partial charge in [-0.3, -0.25) is 28.7 Å². The zero-order valence-electron chi connectivity index (χ0n) is 53.4. The number of rotatable bonds is 20. The van der Waals surface area contributed by atoms with Gasteiger partial charge in [0.05, 0.1) is 6.26 Å². The maximum absolute atomic E-state index is 11.5. The molecule has 10 rings (SSSR count). The third-order valence-corrected chi connectivity index (χ3v) is 14.8. The first kappa shape index (κ1) is 75.0. The molecule has 0 radical (unpaired) electrons. The Morgan fingerprint density at radius 2 is 0.833 bits per heavy atom. The summed E-state index contributed by atoms with van der Waals surface area (Å²) in [6, 6.07) is 32.4. The van der Waals surface area contributed by atoms with Crippen LogP contribution < -0.4 is 33.4 Å². The lowest BCUT2D eigenvalue weighted by molar-refractivity contribution is -0.118. The van der Waals surface area contributed by atoms with Gasteiger partial charge in [-0.25, -0.2) is 53.3 Å². The summed E-state index contributed by atoms with van der Waals surface area (Å²) in [6.45, 7) is 5.99. The van der Waals surface area contributed by atoms with E-state index in [1.165, 1.54) is 43.7 Å². The molecule has 0 fully saturated rings. The van der Waals surface area contributed by atoms with Crippen molar-refractivity contribution in [2.75, 3.05) is 11.0 Å². The first-order valence-electron chi connectivity index (χ1n) is 29.1. The number of carbonyl (C=O) groups excluding carboxylic acids is 5. The number of primary amides is 5. The van der Waals surface area contributed by atoms with E-state index in [1.54, 1.807) is 86.0 Å². The molecular weight excluding hydrogens is 1300 g/mol. The highest BCUT2D eigenvalue weighted by molar-refractivity contribution is 9.10. The average Bonchev–Trinajstić information content (AvgIpc) is 0.826. The number of phenolic OH excluding ortho intramolecular Hbond substituents is 1. The number of halogens is 1. The van der Waals surface area contributed by atoms with E-state index in [9.17, 15) is 37.5 Å². The number of hydrogen-bond donors (Lipinski definition) is 7. The highest BCUT2D eigenvalue weighted by Crippen LogP contribution is 2.32. The zero-order valence-corrected chi connectivity index (χ0v) is 55.8. The summed E-state index contributed by atoms with van der Waals surface area (Å²) in [5.74, 6) is -1.56. The van der Waals surface area contributed by atoms with Gasteiger partial charge < -0.3 is 33.8 Å². The van der Waals surface area contributed by atoms with Gasteiger partial charge in [0, 0.05) is 121 Å². The van der Waals surface area contributed by atoms with Crippen LogP contribution in [0.3, 0.4) is 0 Å². The Labute approximate surface area is 565 Å². The van der Waals surface area contributed by atoms with Crippen molar-refractivity contribution in [3.8, 4) is 61.4 Å². The molecule has 5 amide bonds.